The second-order valence-electron chi connectivity index (χ2n) is 5.71. The SMILES string of the molecule is COc1ccc(CN2C(=O)C(CC(=O)O)SC2=Nc2ccccc2)cc1. The van der Waals surface area contributed by atoms with E-state index in [4.69, 9.17) is 9.84 Å². The van der Waals surface area contributed by atoms with Gasteiger partial charge in [0.05, 0.1) is 25.8 Å². The molecule has 0 radical (unpaired) electrons. The molecule has 26 heavy (non-hydrogen) atoms. The number of amidine groups is 1. The number of rotatable bonds is 6. The number of aliphatic imine (C=N–C) groups is 1. The van der Waals surface area contributed by atoms with Crippen molar-refractivity contribution in [3.8, 4) is 5.75 Å². The highest BCUT2D eigenvalue weighted by Gasteiger charge is 2.39. The van der Waals surface area contributed by atoms with Crippen molar-refractivity contribution >= 4 is 34.5 Å². The normalized spacial score (nSPS) is 18.3. The number of amides is 1. The van der Waals surface area contributed by atoms with Crippen molar-refractivity contribution < 1.29 is 19.4 Å². The third kappa shape index (κ3) is 4.23. The second-order valence-corrected chi connectivity index (χ2v) is 6.88. The van der Waals surface area contributed by atoms with Crippen LogP contribution in [-0.2, 0) is 16.1 Å². The summed E-state index contributed by atoms with van der Waals surface area (Å²) in [6, 6.07) is 16.7. The zero-order chi connectivity index (χ0) is 18.5. The molecule has 1 aliphatic rings. The first-order valence-electron chi connectivity index (χ1n) is 8.03. The third-order valence-corrected chi connectivity index (χ3v) is 5.04. The Labute approximate surface area is 155 Å². The number of thioether (sulfide) groups is 1. The largest absolute Gasteiger partial charge is 0.497 e. The molecule has 1 saturated heterocycles. The van der Waals surface area contributed by atoms with Crippen LogP contribution >= 0.6 is 11.8 Å². The van der Waals surface area contributed by atoms with Crippen LogP contribution in [0.2, 0.25) is 0 Å². The number of ether oxygens (including phenoxy) is 1. The van der Waals surface area contributed by atoms with Crippen LogP contribution in [0, 0.1) is 0 Å². The summed E-state index contributed by atoms with van der Waals surface area (Å²) in [5, 5.41) is 8.92. The monoisotopic (exact) mass is 370 g/mol. The highest BCUT2D eigenvalue weighted by molar-refractivity contribution is 8.15. The second kappa shape index (κ2) is 8.05. The van der Waals surface area contributed by atoms with Crippen molar-refractivity contribution in [1.82, 2.24) is 4.90 Å². The fraction of sp³-hybridized carbons (Fsp3) is 0.211. The number of carbonyl (C=O) groups is 2. The Kier molecular flexibility index (Phi) is 5.58. The summed E-state index contributed by atoms with van der Waals surface area (Å²) in [6.45, 7) is 0.331. The molecule has 0 spiro atoms. The standard InChI is InChI=1S/C19H18N2O4S/c1-25-15-9-7-13(8-10-15)12-21-18(24)16(11-17(22)23)26-19(21)20-14-5-3-2-4-6-14/h2-10,16H,11-12H2,1H3,(H,22,23). The molecule has 3 rings (SSSR count). The molecular weight excluding hydrogens is 352 g/mol. The minimum atomic E-state index is -0.999. The van der Waals surface area contributed by atoms with E-state index in [2.05, 4.69) is 4.99 Å². The maximum Gasteiger partial charge on any atom is 0.305 e. The quantitative estimate of drug-likeness (QED) is 0.844. The number of hydrogen-bond acceptors (Lipinski definition) is 5. The summed E-state index contributed by atoms with van der Waals surface area (Å²) in [7, 11) is 1.59. The summed E-state index contributed by atoms with van der Waals surface area (Å²) in [6.07, 6.45) is -0.226. The molecule has 0 aromatic heterocycles. The molecule has 1 atom stereocenters. The lowest BCUT2D eigenvalue weighted by Gasteiger charge is -2.16. The van der Waals surface area contributed by atoms with Crippen LogP contribution in [-0.4, -0.2) is 39.4 Å². The smallest absolute Gasteiger partial charge is 0.305 e. The van der Waals surface area contributed by atoms with E-state index < -0.39 is 11.2 Å². The van der Waals surface area contributed by atoms with Gasteiger partial charge in [0.1, 0.15) is 11.0 Å². The average molecular weight is 370 g/mol. The van der Waals surface area contributed by atoms with Gasteiger partial charge in [-0.3, -0.25) is 14.5 Å². The summed E-state index contributed by atoms with van der Waals surface area (Å²) in [5.74, 6) is -0.498. The summed E-state index contributed by atoms with van der Waals surface area (Å²) in [5.41, 5.74) is 1.63. The van der Waals surface area contributed by atoms with Gasteiger partial charge < -0.3 is 9.84 Å². The number of methoxy groups -OCH3 is 1. The highest BCUT2D eigenvalue weighted by atomic mass is 32.2. The molecule has 1 heterocycles. The van der Waals surface area contributed by atoms with Crippen molar-refractivity contribution in [1.29, 1.82) is 0 Å². The van der Waals surface area contributed by atoms with Gasteiger partial charge >= 0.3 is 5.97 Å². The number of hydrogen-bond donors (Lipinski definition) is 1. The van der Waals surface area contributed by atoms with Crippen LogP contribution in [0.3, 0.4) is 0 Å². The first-order chi connectivity index (χ1) is 12.6. The number of para-hydroxylation sites is 1. The molecule has 7 heteroatoms. The van der Waals surface area contributed by atoms with Crippen LogP contribution in [0.5, 0.6) is 5.75 Å². The minimum absolute atomic E-state index is 0.226. The molecule has 1 unspecified atom stereocenters. The molecule has 0 aliphatic carbocycles. The van der Waals surface area contributed by atoms with E-state index in [1.165, 1.54) is 11.8 Å². The number of benzene rings is 2. The van der Waals surface area contributed by atoms with E-state index in [0.717, 1.165) is 17.0 Å². The fourth-order valence-corrected chi connectivity index (χ4v) is 3.70. The predicted octanol–water partition coefficient (Wildman–Crippen LogP) is 3.30. The molecule has 0 saturated carbocycles. The van der Waals surface area contributed by atoms with Crippen LogP contribution in [0.1, 0.15) is 12.0 Å². The fourth-order valence-electron chi connectivity index (χ4n) is 2.56. The lowest BCUT2D eigenvalue weighted by molar-refractivity contribution is -0.139. The first kappa shape index (κ1) is 18.0. The number of carbonyl (C=O) groups excluding carboxylic acids is 1. The van der Waals surface area contributed by atoms with Crippen molar-refractivity contribution in [3.05, 3.63) is 60.2 Å². The van der Waals surface area contributed by atoms with Gasteiger partial charge in [-0.15, -0.1) is 0 Å². The Balaban J connectivity index is 1.87. The average Bonchev–Trinajstić information content (AvgIpc) is 2.91. The van der Waals surface area contributed by atoms with Gasteiger partial charge in [0.2, 0.25) is 5.91 Å². The van der Waals surface area contributed by atoms with Crippen LogP contribution in [0.25, 0.3) is 0 Å². The summed E-state index contributed by atoms with van der Waals surface area (Å²) >= 11 is 1.20. The molecule has 1 N–H and O–H groups in total. The molecule has 1 amide bonds. The number of carboxylic acids is 1. The lowest BCUT2D eigenvalue weighted by Crippen LogP contribution is -2.32. The van der Waals surface area contributed by atoms with Gasteiger partial charge in [0.25, 0.3) is 0 Å². The number of nitrogens with zero attached hydrogens (tertiary/aromatic N) is 2. The maximum absolute atomic E-state index is 12.7. The number of aliphatic carboxylic acids is 1. The van der Waals surface area contributed by atoms with Crippen LogP contribution in [0.15, 0.2) is 59.6 Å². The van der Waals surface area contributed by atoms with Gasteiger partial charge in [-0.1, -0.05) is 42.1 Å². The van der Waals surface area contributed by atoms with E-state index in [1.807, 2.05) is 54.6 Å². The summed E-state index contributed by atoms with van der Waals surface area (Å²) in [4.78, 5) is 29.9. The molecule has 2 aromatic carbocycles. The van der Waals surface area contributed by atoms with Crippen LogP contribution in [0.4, 0.5) is 5.69 Å². The Morgan fingerprint density at radius 2 is 1.88 bits per heavy atom. The molecule has 134 valence electrons. The molecule has 6 nitrogen and oxygen atoms in total. The van der Waals surface area contributed by atoms with E-state index in [1.54, 1.807) is 12.0 Å². The van der Waals surface area contributed by atoms with Crippen molar-refractivity contribution in [2.24, 2.45) is 4.99 Å². The Hall–Kier alpha value is -2.80. The molecule has 1 aliphatic heterocycles. The highest BCUT2D eigenvalue weighted by Crippen LogP contribution is 2.32. The van der Waals surface area contributed by atoms with Crippen molar-refractivity contribution in [2.75, 3.05) is 7.11 Å². The van der Waals surface area contributed by atoms with E-state index in [-0.39, 0.29) is 12.3 Å². The van der Waals surface area contributed by atoms with E-state index in [0.29, 0.717) is 11.7 Å². The molecular formula is C19H18N2O4S. The van der Waals surface area contributed by atoms with E-state index in [9.17, 15) is 9.59 Å². The van der Waals surface area contributed by atoms with Gasteiger partial charge in [-0.05, 0) is 29.8 Å². The van der Waals surface area contributed by atoms with Crippen molar-refractivity contribution in [2.45, 2.75) is 18.2 Å². The van der Waals surface area contributed by atoms with Gasteiger partial charge in [-0.2, -0.15) is 0 Å². The Morgan fingerprint density at radius 3 is 2.50 bits per heavy atom. The first-order valence-corrected chi connectivity index (χ1v) is 8.91. The third-order valence-electron chi connectivity index (χ3n) is 3.86. The number of carboxylic acid groups (broad SMARTS) is 1. The Morgan fingerprint density at radius 1 is 1.19 bits per heavy atom. The maximum atomic E-state index is 12.7. The minimum Gasteiger partial charge on any atom is -0.497 e. The molecule has 2 aromatic rings. The van der Waals surface area contributed by atoms with Gasteiger partial charge in [-0.25, -0.2) is 4.99 Å². The van der Waals surface area contributed by atoms with E-state index >= 15 is 0 Å². The van der Waals surface area contributed by atoms with Gasteiger partial charge in [0.15, 0.2) is 5.17 Å². The Bertz CT molecular complexity index is 821. The topological polar surface area (TPSA) is 79.2 Å². The summed E-state index contributed by atoms with van der Waals surface area (Å²) < 4.78 is 5.15. The predicted molar refractivity (Wildman–Crippen MR) is 101 cm³/mol. The zero-order valence-electron chi connectivity index (χ0n) is 14.2. The van der Waals surface area contributed by atoms with Gasteiger partial charge in [0, 0.05) is 0 Å². The molecule has 1 fully saturated rings. The molecule has 0 bridgehead atoms. The lowest BCUT2D eigenvalue weighted by atomic mass is 10.2. The zero-order valence-corrected chi connectivity index (χ0v) is 15.0. The van der Waals surface area contributed by atoms with Crippen molar-refractivity contribution in [3.63, 3.8) is 0 Å². The van der Waals surface area contributed by atoms with Crippen LogP contribution < -0.4 is 4.74 Å².